The van der Waals surface area contributed by atoms with Gasteiger partial charge in [0.25, 0.3) is 0 Å². The monoisotopic (exact) mass is 518 g/mol. The number of fused-ring (bicyclic) bond motifs is 2. The summed E-state index contributed by atoms with van der Waals surface area (Å²) >= 11 is 0. The normalized spacial score (nSPS) is 18.6. The second kappa shape index (κ2) is 9.36. The van der Waals surface area contributed by atoms with Crippen LogP contribution in [-0.2, 0) is 21.9 Å². The van der Waals surface area contributed by atoms with E-state index in [0.717, 1.165) is 17.2 Å². The Labute approximate surface area is 210 Å². The molecule has 2 atom stereocenters. The predicted octanol–water partition coefficient (Wildman–Crippen LogP) is 7.11. The van der Waals surface area contributed by atoms with Gasteiger partial charge in [0.05, 0.1) is 20.1 Å². The van der Waals surface area contributed by atoms with Crippen molar-refractivity contribution in [2.45, 2.75) is 43.4 Å². The largest absolute Gasteiger partial charge is 0.492 e. The number of rotatable bonds is 6. The van der Waals surface area contributed by atoms with Gasteiger partial charge in [-0.05, 0) is 41.2 Å². The average Bonchev–Trinajstić information content (AvgIpc) is 3.47. The fraction of sp³-hybridized carbons (Fsp3) is 0.321. The third-order valence-electron chi connectivity index (χ3n) is 6.91. The molecule has 3 aromatic rings. The Morgan fingerprint density at radius 2 is 1.73 bits per heavy atom. The molecule has 9 heteroatoms. The number of ether oxygens (including phenoxy) is 3. The van der Waals surface area contributed by atoms with E-state index in [0.29, 0.717) is 42.1 Å². The first kappa shape index (κ1) is 25.0. The smallest absolute Gasteiger partial charge is 0.458 e. The van der Waals surface area contributed by atoms with Crippen molar-refractivity contribution in [3.05, 3.63) is 82.9 Å². The van der Waals surface area contributed by atoms with Crippen LogP contribution in [0.3, 0.4) is 0 Å². The molecular weight excluding hydrogens is 495 g/mol. The van der Waals surface area contributed by atoms with Gasteiger partial charge in [-0.3, -0.25) is 4.79 Å². The number of alkyl halides is 5. The van der Waals surface area contributed by atoms with E-state index in [4.69, 9.17) is 14.2 Å². The van der Waals surface area contributed by atoms with Gasteiger partial charge in [-0.2, -0.15) is 22.0 Å². The molecule has 0 bridgehead atoms. The number of methoxy groups -OCH3 is 1. The lowest BCUT2D eigenvalue weighted by Gasteiger charge is -2.23. The summed E-state index contributed by atoms with van der Waals surface area (Å²) in [6.07, 6.45) is -4.91. The van der Waals surface area contributed by atoms with Gasteiger partial charge in [0.15, 0.2) is 0 Å². The Bertz CT molecular complexity index is 1330. The van der Waals surface area contributed by atoms with Gasteiger partial charge in [-0.1, -0.05) is 48.5 Å². The highest BCUT2D eigenvalue weighted by atomic mass is 19.4. The van der Waals surface area contributed by atoms with Crippen LogP contribution in [0.25, 0.3) is 11.1 Å². The summed E-state index contributed by atoms with van der Waals surface area (Å²) in [5.41, 5.74) is 1.43. The summed E-state index contributed by atoms with van der Waals surface area (Å²) in [6, 6.07) is 15.1. The van der Waals surface area contributed by atoms with Crippen LogP contribution in [-0.4, -0.2) is 25.9 Å². The zero-order chi connectivity index (χ0) is 26.4. The van der Waals surface area contributed by atoms with Crippen molar-refractivity contribution >= 4 is 5.97 Å². The summed E-state index contributed by atoms with van der Waals surface area (Å²) < 4.78 is 85.0. The molecule has 0 aromatic heterocycles. The summed E-state index contributed by atoms with van der Waals surface area (Å²) in [5.74, 6) is -4.28. The lowest BCUT2D eigenvalue weighted by atomic mass is 9.90. The highest BCUT2D eigenvalue weighted by Crippen LogP contribution is 2.49. The molecule has 1 aliphatic heterocycles. The molecule has 0 spiro atoms. The van der Waals surface area contributed by atoms with E-state index < -0.39 is 23.8 Å². The second-order valence-electron chi connectivity index (χ2n) is 9.12. The van der Waals surface area contributed by atoms with E-state index in [1.54, 1.807) is 30.3 Å². The van der Waals surface area contributed by atoms with Crippen LogP contribution in [0.2, 0.25) is 0 Å². The van der Waals surface area contributed by atoms with Gasteiger partial charge in [-0.15, -0.1) is 0 Å². The van der Waals surface area contributed by atoms with Crippen LogP contribution in [0.15, 0.2) is 60.7 Å². The van der Waals surface area contributed by atoms with Gasteiger partial charge >= 0.3 is 18.1 Å². The van der Waals surface area contributed by atoms with Crippen LogP contribution in [0.4, 0.5) is 22.0 Å². The highest BCUT2D eigenvalue weighted by molar-refractivity contribution is 5.74. The molecule has 0 saturated heterocycles. The molecule has 2 aliphatic rings. The minimum absolute atomic E-state index is 0.110. The standard InChI is InChI=1S/C28H23F5O4/c1-35-26(34)13-16-15-36-25-14-17(9-10-18(16)25)37-24-12-11-20-19(6-4-7-22(20)24)21-5-2-3-8-23(21)27(29,30)28(31,32)33/h2-10,14,16,24H,11-13,15H2,1H3/t16-,24-/m1/s1. The Hall–Kier alpha value is -3.62. The number of carbonyl (C=O) groups is 1. The highest BCUT2D eigenvalue weighted by Gasteiger charge is 2.59. The summed E-state index contributed by atoms with van der Waals surface area (Å²) in [7, 11) is 1.33. The maximum Gasteiger partial charge on any atom is 0.458 e. The molecular formula is C28H23F5O4. The lowest BCUT2D eigenvalue weighted by Crippen LogP contribution is -2.34. The SMILES string of the molecule is COC(=O)C[C@@H]1COc2cc(O[C@@H]3CCc4c(-c5ccccc5C(F)(F)C(F)(F)F)cccc43)ccc21. The Morgan fingerprint density at radius 3 is 2.49 bits per heavy atom. The van der Waals surface area contributed by atoms with Gasteiger partial charge in [-0.25, -0.2) is 0 Å². The number of hydrogen-bond acceptors (Lipinski definition) is 4. The van der Waals surface area contributed by atoms with E-state index in [9.17, 15) is 26.7 Å². The molecule has 0 unspecified atom stereocenters. The molecule has 194 valence electrons. The minimum Gasteiger partial charge on any atom is -0.492 e. The quantitative estimate of drug-likeness (QED) is 0.258. The van der Waals surface area contributed by atoms with Gasteiger partial charge < -0.3 is 14.2 Å². The Morgan fingerprint density at radius 1 is 0.973 bits per heavy atom. The molecule has 5 rings (SSSR count). The average molecular weight is 518 g/mol. The zero-order valence-electron chi connectivity index (χ0n) is 19.8. The molecule has 1 aliphatic carbocycles. The van der Waals surface area contributed by atoms with Crippen molar-refractivity contribution < 1.29 is 41.0 Å². The second-order valence-corrected chi connectivity index (χ2v) is 9.12. The van der Waals surface area contributed by atoms with E-state index in [1.807, 2.05) is 6.07 Å². The number of esters is 1. The third kappa shape index (κ3) is 4.51. The van der Waals surface area contributed by atoms with Gasteiger partial charge in [0, 0.05) is 23.1 Å². The molecule has 1 heterocycles. The maximum absolute atomic E-state index is 14.4. The van der Waals surface area contributed by atoms with Crippen molar-refractivity contribution in [2.75, 3.05) is 13.7 Å². The van der Waals surface area contributed by atoms with Crippen molar-refractivity contribution in [3.8, 4) is 22.6 Å². The molecule has 0 amide bonds. The molecule has 37 heavy (non-hydrogen) atoms. The van der Waals surface area contributed by atoms with Crippen LogP contribution < -0.4 is 9.47 Å². The number of hydrogen-bond donors (Lipinski definition) is 0. The number of carbonyl (C=O) groups excluding carboxylic acids is 1. The molecule has 0 fully saturated rings. The van der Waals surface area contributed by atoms with Crippen molar-refractivity contribution in [2.24, 2.45) is 0 Å². The Kier molecular flexibility index (Phi) is 6.33. The summed E-state index contributed by atoms with van der Waals surface area (Å²) in [4.78, 5) is 11.6. The topological polar surface area (TPSA) is 44.8 Å². The number of halogens is 5. The van der Waals surface area contributed by atoms with Crippen LogP contribution in [0, 0.1) is 0 Å². The minimum atomic E-state index is -5.71. The van der Waals surface area contributed by atoms with E-state index in [1.165, 1.54) is 25.3 Å². The van der Waals surface area contributed by atoms with E-state index in [-0.39, 0.29) is 23.9 Å². The molecule has 0 N–H and O–H groups in total. The van der Waals surface area contributed by atoms with Crippen LogP contribution in [0.1, 0.15) is 47.1 Å². The van der Waals surface area contributed by atoms with Crippen molar-refractivity contribution in [1.29, 1.82) is 0 Å². The fourth-order valence-electron chi connectivity index (χ4n) is 5.08. The third-order valence-corrected chi connectivity index (χ3v) is 6.91. The fourth-order valence-corrected chi connectivity index (χ4v) is 5.08. The summed E-state index contributed by atoms with van der Waals surface area (Å²) in [5, 5.41) is 0. The molecule has 0 saturated carbocycles. The zero-order valence-corrected chi connectivity index (χ0v) is 19.8. The van der Waals surface area contributed by atoms with E-state index in [2.05, 4.69) is 0 Å². The predicted molar refractivity (Wildman–Crippen MR) is 125 cm³/mol. The Balaban J connectivity index is 1.42. The lowest BCUT2D eigenvalue weighted by molar-refractivity contribution is -0.289. The van der Waals surface area contributed by atoms with Gasteiger partial charge in [0.1, 0.15) is 17.6 Å². The number of benzene rings is 3. The van der Waals surface area contributed by atoms with Crippen LogP contribution >= 0.6 is 0 Å². The van der Waals surface area contributed by atoms with Crippen molar-refractivity contribution in [1.82, 2.24) is 0 Å². The van der Waals surface area contributed by atoms with E-state index >= 15 is 0 Å². The maximum atomic E-state index is 14.4. The molecule has 3 aromatic carbocycles. The first-order chi connectivity index (χ1) is 17.6. The molecule has 4 nitrogen and oxygen atoms in total. The van der Waals surface area contributed by atoms with Crippen molar-refractivity contribution in [3.63, 3.8) is 0 Å². The first-order valence-corrected chi connectivity index (χ1v) is 11.8. The summed E-state index contributed by atoms with van der Waals surface area (Å²) in [6.45, 7) is 0.353. The first-order valence-electron chi connectivity index (χ1n) is 11.8. The van der Waals surface area contributed by atoms with Crippen LogP contribution in [0.5, 0.6) is 11.5 Å². The van der Waals surface area contributed by atoms with Gasteiger partial charge in [0.2, 0.25) is 0 Å². The molecule has 0 radical (unpaired) electrons.